The van der Waals surface area contributed by atoms with Gasteiger partial charge in [0.05, 0.1) is 12.2 Å². The molecule has 0 amide bonds. The SMILES string of the molecule is Cn1nncc1C(=O)C(N)Cc1ccccc1. The number of carbonyl (C=O) groups is 1. The predicted octanol–water partition coefficient (Wildman–Crippen LogP) is 0.568. The molecule has 0 radical (unpaired) electrons. The Balaban J connectivity index is 2.09. The molecule has 2 aromatic rings. The van der Waals surface area contributed by atoms with Crippen LogP contribution in [0.3, 0.4) is 0 Å². The molecule has 0 saturated heterocycles. The summed E-state index contributed by atoms with van der Waals surface area (Å²) in [5, 5.41) is 7.39. The number of hydrogen-bond acceptors (Lipinski definition) is 4. The summed E-state index contributed by atoms with van der Waals surface area (Å²) in [5.41, 5.74) is 7.37. The van der Waals surface area contributed by atoms with Gasteiger partial charge in [0.15, 0.2) is 5.78 Å². The molecule has 0 fully saturated rings. The van der Waals surface area contributed by atoms with Crippen LogP contribution in [0, 0.1) is 0 Å². The van der Waals surface area contributed by atoms with E-state index in [1.165, 1.54) is 10.9 Å². The van der Waals surface area contributed by atoms with Gasteiger partial charge >= 0.3 is 0 Å². The maximum atomic E-state index is 12.0. The molecule has 0 saturated carbocycles. The minimum Gasteiger partial charge on any atom is -0.321 e. The molecule has 2 N–H and O–H groups in total. The van der Waals surface area contributed by atoms with Gasteiger partial charge in [0.2, 0.25) is 0 Å². The van der Waals surface area contributed by atoms with Crippen LogP contribution in [-0.4, -0.2) is 26.8 Å². The summed E-state index contributed by atoms with van der Waals surface area (Å²) in [6, 6.07) is 9.14. The van der Waals surface area contributed by atoms with E-state index in [0.717, 1.165) is 5.56 Å². The summed E-state index contributed by atoms with van der Waals surface area (Å²) >= 11 is 0. The summed E-state index contributed by atoms with van der Waals surface area (Å²) in [7, 11) is 1.68. The quantitative estimate of drug-likeness (QED) is 0.779. The molecule has 5 nitrogen and oxygen atoms in total. The van der Waals surface area contributed by atoms with Gasteiger partial charge in [0.1, 0.15) is 5.69 Å². The van der Waals surface area contributed by atoms with Crippen molar-refractivity contribution in [2.45, 2.75) is 12.5 Å². The van der Waals surface area contributed by atoms with Crippen molar-refractivity contribution in [3.8, 4) is 0 Å². The third kappa shape index (κ3) is 2.57. The van der Waals surface area contributed by atoms with Crippen LogP contribution in [0.4, 0.5) is 0 Å². The largest absolute Gasteiger partial charge is 0.321 e. The van der Waals surface area contributed by atoms with E-state index in [1.807, 2.05) is 30.3 Å². The second-order valence-corrected chi connectivity index (χ2v) is 3.90. The van der Waals surface area contributed by atoms with Crippen molar-refractivity contribution < 1.29 is 4.79 Å². The molecular formula is C12H14N4O. The fourth-order valence-corrected chi connectivity index (χ4v) is 1.66. The molecule has 0 aliphatic heterocycles. The molecule has 0 aliphatic carbocycles. The van der Waals surface area contributed by atoms with Crippen LogP contribution in [-0.2, 0) is 13.5 Å². The first kappa shape index (κ1) is 11.5. The molecule has 5 heteroatoms. The Morgan fingerprint density at radius 2 is 2.12 bits per heavy atom. The number of hydrogen-bond donors (Lipinski definition) is 1. The van der Waals surface area contributed by atoms with E-state index in [-0.39, 0.29) is 5.78 Å². The summed E-state index contributed by atoms with van der Waals surface area (Å²) in [4.78, 5) is 12.0. The van der Waals surface area contributed by atoms with Crippen molar-refractivity contribution in [2.75, 3.05) is 0 Å². The number of benzene rings is 1. The number of rotatable bonds is 4. The molecular weight excluding hydrogens is 216 g/mol. The standard InChI is InChI=1S/C12H14N4O/c1-16-11(8-14-15-16)12(17)10(13)7-9-5-3-2-4-6-9/h2-6,8,10H,7,13H2,1H3. The van der Waals surface area contributed by atoms with Gasteiger partial charge in [0, 0.05) is 7.05 Å². The maximum absolute atomic E-state index is 12.0. The molecule has 0 aliphatic rings. The van der Waals surface area contributed by atoms with E-state index in [9.17, 15) is 4.79 Å². The number of nitrogens with two attached hydrogens (primary N) is 1. The second-order valence-electron chi connectivity index (χ2n) is 3.90. The van der Waals surface area contributed by atoms with Crippen LogP contribution >= 0.6 is 0 Å². The van der Waals surface area contributed by atoms with Crippen molar-refractivity contribution in [3.05, 3.63) is 47.8 Å². The van der Waals surface area contributed by atoms with E-state index in [4.69, 9.17) is 5.73 Å². The Morgan fingerprint density at radius 3 is 2.71 bits per heavy atom. The van der Waals surface area contributed by atoms with E-state index >= 15 is 0 Å². The number of nitrogens with zero attached hydrogens (tertiary/aromatic N) is 3. The number of carbonyl (C=O) groups excluding carboxylic acids is 1. The smallest absolute Gasteiger partial charge is 0.199 e. The second kappa shape index (κ2) is 4.88. The number of ketones is 1. The first-order valence-electron chi connectivity index (χ1n) is 5.37. The van der Waals surface area contributed by atoms with E-state index < -0.39 is 6.04 Å². The van der Waals surface area contributed by atoms with Crippen molar-refractivity contribution in [1.29, 1.82) is 0 Å². The van der Waals surface area contributed by atoms with Crippen LogP contribution < -0.4 is 5.73 Å². The first-order valence-corrected chi connectivity index (χ1v) is 5.37. The highest BCUT2D eigenvalue weighted by Crippen LogP contribution is 2.06. The molecule has 17 heavy (non-hydrogen) atoms. The molecule has 2 rings (SSSR count). The third-order valence-corrected chi connectivity index (χ3v) is 2.60. The van der Waals surface area contributed by atoms with Gasteiger partial charge in [-0.25, -0.2) is 4.68 Å². The van der Waals surface area contributed by atoms with Gasteiger partial charge in [-0.2, -0.15) is 0 Å². The van der Waals surface area contributed by atoms with E-state index in [2.05, 4.69) is 10.3 Å². The van der Waals surface area contributed by atoms with Gasteiger partial charge in [-0.3, -0.25) is 4.79 Å². The van der Waals surface area contributed by atoms with Crippen molar-refractivity contribution >= 4 is 5.78 Å². The Hall–Kier alpha value is -2.01. The Labute approximate surface area is 99.2 Å². The van der Waals surface area contributed by atoms with Gasteiger partial charge in [-0.1, -0.05) is 35.5 Å². The zero-order chi connectivity index (χ0) is 12.3. The lowest BCUT2D eigenvalue weighted by Gasteiger charge is -2.09. The average molecular weight is 230 g/mol. The minimum absolute atomic E-state index is 0.138. The van der Waals surface area contributed by atoms with Gasteiger partial charge in [-0.15, -0.1) is 5.10 Å². The minimum atomic E-state index is -0.561. The molecule has 1 heterocycles. The molecule has 0 bridgehead atoms. The highest BCUT2D eigenvalue weighted by Gasteiger charge is 2.19. The van der Waals surface area contributed by atoms with Crippen molar-refractivity contribution in [2.24, 2.45) is 12.8 Å². The normalized spacial score (nSPS) is 12.4. The van der Waals surface area contributed by atoms with Gasteiger partial charge in [0.25, 0.3) is 0 Å². The summed E-state index contributed by atoms with van der Waals surface area (Å²) in [6.07, 6.45) is 1.96. The number of aromatic nitrogens is 3. The summed E-state index contributed by atoms with van der Waals surface area (Å²) in [5.74, 6) is -0.138. The van der Waals surface area contributed by atoms with Crippen LogP contribution in [0.5, 0.6) is 0 Å². The molecule has 1 aromatic heterocycles. The fraction of sp³-hybridized carbons (Fsp3) is 0.250. The lowest BCUT2D eigenvalue weighted by atomic mass is 10.0. The topological polar surface area (TPSA) is 73.8 Å². The van der Waals surface area contributed by atoms with Crippen LogP contribution in [0.15, 0.2) is 36.5 Å². The number of aryl methyl sites for hydroxylation is 1. The van der Waals surface area contributed by atoms with Crippen LogP contribution in [0.1, 0.15) is 16.1 Å². The molecule has 0 spiro atoms. The molecule has 1 aromatic carbocycles. The van der Waals surface area contributed by atoms with Crippen LogP contribution in [0.25, 0.3) is 0 Å². The summed E-state index contributed by atoms with van der Waals surface area (Å²) in [6.45, 7) is 0. The lowest BCUT2D eigenvalue weighted by molar-refractivity contribution is 0.0951. The van der Waals surface area contributed by atoms with Gasteiger partial charge < -0.3 is 5.73 Å². The zero-order valence-corrected chi connectivity index (χ0v) is 9.58. The Kier molecular flexibility index (Phi) is 3.30. The maximum Gasteiger partial charge on any atom is 0.199 e. The van der Waals surface area contributed by atoms with E-state index in [0.29, 0.717) is 12.1 Å². The highest BCUT2D eigenvalue weighted by molar-refractivity contribution is 5.98. The third-order valence-electron chi connectivity index (χ3n) is 2.60. The molecule has 1 atom stereocenters. The average Bonchev–Trinajstić information content (AvgIpc) is 2.76. The molecule has 88 valence electrons. The highest BCUT2D eigenvalue weighted by atomic mass is 16.1. The van der Waals surface area contributed by atoms with Crippen molar-refractivity contribution in [1.82, 2.24) is 15.0 Å². The lowest BCUT2D eigenvalue weighted by Crippen LogP contribution is -2.34. The molecule has 1 unspecified atom stereocenters. The summed E-state index contributed by atoms with van der Waals surface area (Å²) < 4.78 is 1.44. The fourth-order valence-electron chi connectivity index (χ4n) is 1.66. The Morgan fingerprint density at radius 1 is 1.41 bits per heavy atom. The van der Waals surface area contributed by atoms with Crippen LogP contribution in [0.2, 0.25) is 0 Å². The van der Waals surface area contributed by atoms with Crippen molar-refractivity contribution in [3.63, 3.8) is 0 Å². The Bertz CT molecular complexity index is 506. The van der Waals surface area contributed by atoms with E-state index in [1.54, 1.807) is 7.05 Å². The zero-order valence-electron chi connectivity index (χ0n) is 9.58. The van der Waals surface area contributed by atoms with Gasteiger partial charge in [-0.05, 0) is 12.0 Å². The first-order chi connectivity index (χ1) is 8.18. The monoisotopic (exact) mass is 230 g/mol. The number of Topliss-reactive ketones (excluding diaryl/α,β-unsaturated/α-hetero) is 1. The predicted molar refractivity (Wildman–Crippen MR) is 63.5 cm³/mol.